The summed E-state index contributed by atoms with van der Waals surface area (Å²) in [7, 11) is 1.76. The van der Waals surface area contributed by atoms with Crippen molar-refractivity contribution in [2.75, 3.05) is 26.2 Å². The number of hydrogen-bond donors (Lipinski definition) is 1. The smallest absolute Gasteiger partial charge is 0.294 e. The third kappa shape index (κ3) is 3.99. The van der Waals surface area contributed by atoms with Crippen molar-refractivity contribution in [3.63, 3.8) is 0 Å². The lowest BCUT2D eigenvalue weighted by atomic mass is 9.94. The molecule has 0 radical (unpaired) electrons. The van der Waals surface area contributed by atoms with Gasteiger partial charge >= 0.3 is 0 Å². The highest BCUT2D eigenvalue weighted by Gasteiger charge is 2.25. The molecule has 1 fully saturated rings. The summed E-state index contributed by atoms with van der Waals surface area (Å²) >= 11 is 0. The van der Waals surface area contributed by atoms with Crippen molar-refractivity contribution in [1.82, 2.24) is 14.8 Å². The molecular weight excluding hydrogens is 314 g/mol. The van der Waals surface area contributed by atoms with Gasteiger partial charge in [-0.2, -0.15) is 0 Å². The third-order valence-corrected chi connectivity index (χ3v) is 5.00. The predicted molar refractivity (Wildman–Crippen MR) is 97.7 cm³/mol. The van der Waals surface area contributed by atoms with Gasteiger partial charge < -0.3 is 14.8 Å². The summed E-state index contributed by atoms with van der Waals surface area (Å²) in [6, 6.07) is 12.0. The molecule has 25 heavy (non-hydrogen) atoms. The second-order valence-corrected chi connectivity index (χ2v) is 6.73. The van der Waals surface area contributed by atoms with E-state index >= 15 is 0 Å². The van der Waals surface area contributed by atoms with Crippen LogP contribution in [0, 0.1) is 6.92 Å². The summed E-state index contributed by atoms with van der Waals surface area (Å²) in [6.45, 7) is 5.46. The summed E-state index contributed by atoms with van der Waals surface area (Å²) in [5.41, 5.74) is 3.18. The minimum atomic E-state index is -0.531. The summed E-state index contributed by atoms with van der Waals surface area (Å²) in [4.78, 5) is 26.4. The first-order valence-corrected chi connectivity index (χ1v) is 8.78. The number of nitrogens with one attached hydrogen (secondary N) is 1. The molecule has 0 bridgehead atoms. The number of carbonyl (C=O) groups excluding carboxylic acids is 2. The molecule has 2 aromatic rings. The minimum Gasteiger partial charge on any atom is -0.348 e. The van der Waals surface area contributed by atoms with Crippen LogP contribution in [-0.4, -0.2) is 47.3 Å². The molecule has 3 rings (SSSR count). The van der Waals surface area contributed by atoms with Crippen LogP contribution in [0.1, 0.15) is 34.0 Å². The van der Waals surface area contributed by atoms with Crippen molar-refractivity contribution < 1.29 is 9.59 Å². The van der Waals surface area contributed by atoms with Crippen LogP contribution in [0.25, 0.3) is 0 Å². The van der Waals surface area contributed by atoms with Gasteiger partial charge in [0, 0.05) is 32.9 Å². The molecule has 0 spiro atoms. The average molecular weight is 339 g/mol. The van der Waals surface area contributed by atoms with E-state index < -0.39 is 11.7 Å². The van der Waals surface area contributed by atoms with Gasteiger partial charge in [0.1, 0.15) is 0 Å². The van der Waals surface area contributed by atoms with Gasteiger partial charge in [0.25, 0.3) is 11.7 Å². The van der Waals surface area contributed by atoms with E-state index in [0.29, 0.717) is 18.2 Å². The Morgan fingerprint density at radius 2 is 2.00 bits per heavy atom. The zero-order chi connectivity index (χ0) is 17.8. The molecule has 1 unspecified atom stereocenters. The summed E-state index contributed by atoms with van der Waals surface area (Å²) in [5.74, 6) is -0.454. The van der Waals surface area contributed by atoms with E-state index in [4.69, 9.17) is 0 Å². The maximum atomic E-state index is 12.1. The zero-order valence-corrected chi connectivity index (χ0v) is 14.9. The van der Waals surface area contributed by atoms with Gasteiger partial charge in [-0.25, -0.2) is 0 Å². The first-order chi connectivity index (χ1) is 12.1. The van der Waals surface area contributed by atoms with E-state index in [1.807, 2.05) is 0 Å². The number of likely N-dealkylation sites (tertiary alicyclic amines) is 1. The number of nitrogens with zero attached hydrogens (tertiary/aromatic N) is 2. The van der Waals surface area contributed by atoms with Gasteiger partial charge in [-0.05, 0) is 49.1 Å². The van der Waals surface area contributed by atoms with E-state index in [0.717, 1.165) is 26.1 Å². The molecule has 1 aliphatic heterocycles. The Balaban J connectivity index is 1.46. The standard InChI is InChI=1S/C20H25N3O2/c1-15-6-3-4-7-17(15)16-9-12-23(14-16)13-10-21-20(25)19(24)18-8-5-11-22(18)2/h3-8,11,16H,9-10,12-14H2,1-2H3,(H,21,25). The number of aromatic nitrogens is 1. The van der Waals surface area contributed by atoms with Crippen molar-refractivity contribution in [3.8, 4) is 0 Å². The molecule has 0 aliphatic carbocycles. The number of rotatable bonds is 6. The van der Waals surface area contributed by atoms with Crippen molar-refractivity contribution in [2.45, 2.75) is 19.3 Å². The lowest BCUT2D eigenvalue weighted by Crippen LogP contribution is -2.37. The second kappa shape index (κ2) is 7.66. The number of amides is 1. The Labute approximate surface area is 148 Å². The normalized spacial score (nSPS) is 17.6. The first-order valence-electron chi connectivity index (χ1n) is 8.78. The molecule has 1 aliphatic rings. The Morgan fingerprint density at radius 1 is 1.20 bits per heavy atom. The van der Waals surface area contributed by atoms with Crippen LogP contribution in [0.3, 0.4) is 0 Å². The predicted octanol–water partition coefficient (Wildman–Crippen LogP) is 2.12. The minimum absolute atomic E-state index is 0.415. The van der Waals surface area contributed by atoms with Crippen LogP contribution in [-0.2, 0) is 11.8 Å². The van der Waals surface area contributed by atoms with E-state index in [2.05, 4.69) is 41.4 Å². The van der Waals surface area contributed by atoms with Crippen LogP contribution < -0.4 is 5.32 Å². The number of carbonyl (C=O) groups is 2. The zero-order valence-electron chi connectivity index (χ0n) is 14.9. The average Bonchev–Trinajstić information content (AvgIpc) is 3.23. The van der Waals surface area contributed by atoms with E-state index in [-0.39, 0.29) is 0 Å². The number of benzene rings is 1. The fourth-order valence-electron chi connectivity index (χ4n) is 3.56. The molecule has 2 heterocycles. The Kier molecular flexibility index (Phi) is 5.34. The summed E-state index contributed by atoms with van der Waals surface area (Å²) < 4.78 is 1.66. The van der Waals surface area contributed by atoms with Gasteiger partial charge in [-0.1, -0.05) is 24.3 Å². The van der Waals surface area contributed by atoms with Crippen LogP contribution in [0.2, 0.25) is 0 Å². The Bertz CT molecular complexity index is 766. The van der Waals surface area contributed by atoms with Gasteiger partial charge in [0.05, 0.1) is 5.69 Å². The molecular formula is C20H25N3O2. The summed E-state index contributed by atoms with van der Waals surface area (Å²) in [6.07, 6.45) is 2.90. The topological polar surface area (TPSA) is 54.3 Å². The van der Waals surface area contributed by atoms with Crippen LogP contribution in [0.5, 0.6) is 0 Å². The molecule has 0 saturated carbocycles. The Morgan fingerprint density at radius 3 is 2.72 bits per heavy atom. The Hall–Kier alpha value is -2.40. The fourth-order valence-corrected chi connectivity index (χ4v) is 3.56. The number of hydrogen-bond acceptors (Lipinski definition) is 3. The summed E-state index contributed by atoms with van der Waals surface area (Å²) in [5, 5.41) is 2.75. The molecule has 1 atom stereocenters. The van der Waals surface area contributed by atoms with Gasteiger partial charge in [-0.15, -0.1) is 0 Å². The molecule has 5 nitrogen and oxygen atoms in total. The van der Waals surface area contributed by atoms with Gasteiger partial charge in [-0.3, -0.25) is 9.59 Å². The van der Waals surface area contributed by atoms with E-state index in [1.165, 1.54) is 11.1 Å². The lowest BCUT2D eigenvalue weighted by molar-refractivity contribution is -0.117. The van der Waals surface area contributed by atoms with Crippen molar-refractivity contribution in [1.29, 1.82) is 0 Å². The highest BCUT2D eigenvalue weighted by atomic mass is 16.2. The first kappa shape index (κ1) is 17.4. The molecule has 1 amide bonds. The maximum absolute atomic E-state index is 12.1. The largest absolute Gasteiger partial charge is 0.348 e. The van der Waals surface area contributed by atoms with Gasteiger partial charge in [0.2, 0.25) is 0 Å². The van der Waals surface area contributed by atoms with Crippen molar-refractivity contribution >= 4 is 11.7 Å². The number of ketones is 1. The molecule has 5 heteroatoms. The fraction of sp³-hybridized carbons (Fsp3) is 0.400. The van der Waals surface area contributed by atoms with Crippen molar-refractivity contribution in [2.24, 2.45) is 7.05 Å². The molecule has 1 N–H and O–H groups in total. The molecule has 1 aromatic heterocycles. The van der Waals surface area contributed by atoms with Gasteiger partial charge in [0.15, 0.2) is 0 Å². The molecule has 1 aromatic carbocycles. The molecule has 1 saturated heterocycles. The molecule has 132 valence electrons. The SMILES string of the molecule is Cc1ccccc1C1CCN(CCNC(=O)C(=O)c2cccn2C)C1. The maximum Gasteiger partial charge on any atom is 0.294 e. The van der Waals surface area contributed by atoms with Crippen LogP contribution in [0.4, 0.5) is 0 Å². The van der Waals surface area contributed by atoms with E-state index in [1.54, 1.807) is 29.9 Å². The van der Waals surface area contributed by atoms with Crippen molar-refractivity contribution in [3.05, 3.63) is 59.4 Å². The monoisotopic (exact) mass is 339 g/mol. The lowest BCUT2D eigenvalue weighted by Gasteiger charge is -2.17. The highest BCUT2D eigenvalue weighted by Crippen LogP contribution is 2.28. The second-order valence-electron chi connectivity index (χ2n) is 6.73. The highest BCUT2D eigenvalue weighted by molar-refractivity contribution is 6.42. The third-order valence-electron chi connectivity index (χ3n) is 5.00. The van der Waals surface area contributed by atoms with E-state index in [9.17, 15) is 9.59 Å². The van der Waals surface area contributed by atoms with Crippen LogP contribution in [0.15, 0.2) is 42.6 Å². The number of aryl methyl sites for hydroxylation is 2. The number of Topliss-reactive ketones (excluding diaryl/α,β-unsaturated/α-hetero) is 1. The quantitative estimate of drug-likeness (QED) is 0.648. The van der Waals surface area contributed by atoms with Crippen LogP contribution >= 0.6 is 0 Å².